The van der Waals surface area contributed by atoms with E-state index in [4.69, 9.17) is 0 Å². The molecule has 42 heavy (non-hydrogen) atoms. The van der Waals surface area contributed by atoms with Gasteiger partial charge in [0.25, 0.3) is 5.91 Å². The van der Waals surface area contributed by atoms with Crippen LogP contribution >= 0.6 is 0 Å². The number of amides is 2. The van der Waals surface area contributed by atoms with Gasteiger partial charge in [-0.3, -0.25) is 9.59 Å². The van der Waals surface area contributed by atoms with Crippen LogP contribution < -0.4 is 0 Å². The average molecular weight is 572 g/mol. The van der Waals surface area contributed by atoms with Gasteiger partial charge in [-0.25, -0.2) is 0 Å². The Morgan fingerprint density at radius 2 is 1.50 bits per heavy atom. The molecule has 0 saturated heterocycles. The summed E-state index contributed by atoms with van der Waals surface area (Å²) in [4.78, 5) is 34.1. The zero-order valence-electron chi connectivity index (χ0n) is 23.5. The predicted octanol–water partition coefficient (Wildman–Crippen LogP) is 7.46. The Labute approximate surface area is 242 Å². The zero-order chi connectivity index (χ0) is 29.9. The van der Waals surface area contributed by atoms with Crippen molar-refractivity contribution in [2.24, 2.45) is 0 Å². The molecule has 1 heterocycles. The van der Waals surface area contributed by atoms with Gasteiger partial charge in [0.15, 0.2) is 0 Å². The fourth-order valence-corrected chi connectivity index (χ4v) is 5.21. The Kier molecular flexibility index (Phi) is 8.34. The van der Waals surface area contributed by atoms with E-state index in [9.17, 15) is 22.8 Å². The lowest BCUT2D eigenvalue weighted by molar-refractivity contribution is -0.137. The standard InChI is InChI=1S/C34H32F3N3O2/c1-23(2)40(33(42)30-12-7-9-25-8-3-4-10-28(25)30)22-32(41)39(21-24-14-16-27(17-15-24)34(35,36)37)19-18-26-20-38-31-13-6-5-11-29(26)31/h3-17,20,23,38H,18-19,21-22H2,1-2H3. The Morgan fingerprint density at radius 3 is 2.21 bits per heavy atom. The van der Waals surface area contributed by atoms with Crippen molar-refractivity contribution in [1.82, 2.24) is 14.8 Å². The summed E-state index contributed by atoms with van der Waals surface area (Å²) in [5.74, 6) is -0.529. The maximum atomic E-state index is 13.9. The lowest BCUT2D eigenvalue weighted by atomic mass is 10.0. The second-order valence-electron chi connectivity index (χ2n) is 10.7. The molecule has 0 radical (unpaired) electrons. The molecule has 0 aliphatic rings. The van der Waals surface area contributed by atoms with Crippen molar-refractivity contribution in [3.8, 4) is 0 Å². The van der Waals surface area contributed by atoms with Crippen molar-refractivity contribution < 1.29 is 22.8 Å². The zero-order valence-corrected chi connectivity index (χ0v) is 23.5. The van der Waals surface area contributed by atoms with Crippen molar-refractivity contribution in [2.75, 3.05) is 13.1 Å². The third-order valence-corrected chi connectivity index (χ3v) is 7.54. The van der Waals surface area contributed by atoms with Gasteiger partial charge >= 0.3 is 6.18 Å². The minimum atomic E-state index is -4.44. The first-order valence-electron chi connectivity index (χ1n) is 13.9. The molecule has 4 aromatic carbocycles. The number of fused-ring (bicyclic) bond motifs is 2. The lowest BCUT2D eigenvalue weighted by Gasteiger charge is -2.30. The molecule has 0 saturated carbocycles. The highest BCUT2D eigenvalue weighted by Crippen LogP contribution is 2.29. The maximum absolute atomic E-state index is 13.9. The molecule has 8 heteroatoms. The topological polar surface area (TPSA) is 56.4 Å². The van der Waals surface area contributed by atoms with Gasteiger partial charge < -0.3 is 14.8 Å². The number of benzene rings is 4. The molecule has 1 aromatic heterocycles. The summed E-state index contributed by atoms with van der Waals surface area (Å²) in [5, 5.41) is 2.79. The number of alkyl halides is 3. The van der Waals surface area contributed by atoms with Crippen LogP contribution in [0.3, 0.4) is 0 Å². The molecule has 0 bridgehead atoms. The molecule has 0 unspecified atom stereocenters. The number of hydrogen-bond donors (Lipinski definition) is 1. The number of aromatic nitrogens is 1. The van der Waals surface area contributed by atoms with Gasteiger partial charge in [-0.2, -0.15) is 13.2 Å². The lowest BCUT2D eigenvalue weighted by Crippen LogP contribution is -2.46. The SMILES string of the molecule is CC(C)N(CC(=O)N(CCc1c[nH]c2ccccc12)Cc1ccc(C(F)(F)F)cc1)C(=O)c1cccc2ccccc12. The molecule has 0 atom stereocenters. The summed E-state index contributed by atoms with van der Waals surface area (Å²) >= 11 is 0. The first-order valence-corrected chi connectivity index (χ1v) is 13.9. The Balaban J connectivity index is 1.40. The maximum Gasteiger partial charge on any atom is 0.416 e. The Morgan fingerprint density at radius 1 is 0.833 bits per heavy atom. The molecule has 1 N–H and O–H groups in total. The summed E-state index contributed by atoms with van der Waals surface area (Å²) in [6, 6.07) is 25.6. The van der Waals surface area contributed by atoms with E-state index in [1.165, 1.54) is 12.1 Å². The van der Waals surface area contributed by atoms with E-state index in [0.717, 1.165) is 39.4 Å². The minimum Gasteiger partial charge on any atom is -0.361 e. The summed E-state index contributed by atoms with van der Waals surface area (Å²) in [5.41, 5.74) is 2.37. The van der Waals surface area contributed by atoms with Gasteiger partial charge in [-0.05, 0) is 66.4 Å². The molecule has 0 spiro atoms. The van der Waals surface area contributed by atoms with E-state index in [1.54, 1.807) is 15.9 Å². The van der Waals surface area contributed by atoms with E-state index in [-0.39, 0.29) is 30.9 Å². The normalized spacial score (nSPS) is 11.8. The number of nitrogens with one attached hydrogen (secondary N) is 1. The smallest absolute Gasteiger partial charge is 0.361 e. The van der Waals surface area contributed by atoms with Crippen molar-refractivity contribution in [3.63, 3.8) is 0 Å². The second-order valence-corrected chi connectivity index (χ2v) is 10.7. The molecule has 0 fully saturated rings. The Hall–Kier alpha value is -4.59. The Bertz CT molecular complexity index is 1700. The second kappa shape index (κ2) is 12.1. The number of carbonyl (C=O) groups is 2. The van der Waals surface area contributed by atoms with Gasteiger partial charge in [-0.1, -0.05) is 66.7 Å². The number of rotatable bonds is 9. The highest BCUT2D eigenvalue weighted by Gasteiger charge is 2.30. The van der Waals surface area contributed by atoms with E-state index in [2.05, 4.69) is 4.98 Å². The number of halogens is 3. The van der Waals surface area contributed by atoms with Crippen LogP contribution in [0.1, 0.15) is 40.9 Å². The van der Waals surface area contributed by atoms with Gasteiger partial charge in [0.1, 0.15) is 6.54 Å². The first kappa shape index (κ1) is 28.9. The van der Waals surface area contributed by atoms with Crippen molar-refractivity contribution in [2.45, 2.75) is 39.0 Å². The van der Waals surface area contributed by atoms with Crippen LogP contribution in [-0.2, 0) is 23.9 Å². The fraction of sp³-hybridized carbons (Fsp3) is 0.235. The summed E-state index contributed by atoms with van der Waals surface area (Å²) in [7, 11) is 0. The van der Waals surface area contributed by atoms with Crippen LogP contribution in [0.4, 0.5) is 13.2 Å². The average Bonchev–Trinajstić information content (AvgIpc) is 3.40. The first-order chi connectivity index (χ1) is 20.1. The van der Waals surface area contributed by atoms with E-state index < -0.39 is 11.7 Å². The number of H-pyrrole nitrogens is 1. The highest BCUT2D eigenvalue weighted by molar-refractivity contribution is 6.07. The van der Waals surface area contributed by atoms with Crippen LogP contribution in [0.15, 0.2) is 97.2 Å². The van der Waals surface area contributed by atoms with Crippen LogP contribution in [-0.4, -0.2) is 45.7 Å². The number of nitrogens with zero attached hydrogens (tertiary/aromatic N) is 2. The van der Waals surface area contributed by atoms with Crippen LogP contribution in [0.5, 0.6) is 0 Å². The molecule has 0 aliphatic carbocycles. The molecular weight excluding hydrogens is 539 g/mol. The minimum absolute atomic E-state index is 0.119. The molecule has 5 rings (SSSR count). The van der Waals surface area contributed by atoms with Crippen LogP contribution in [0, 0.1) is 0 Å². The molecular formula is C34H32F3N3O2. The van der Waals surface area contributed by atoms with Gasteiger partial charge in [-0.15, -0.1) is 0 Å². The van der Waals surface area contributed by atoms with Crippen molar-refractivity contribution >= 4 is 33.5 Å². The third-order valence-electron chi connectivity index (χ3n) is 7.54. The molecule has 2 amide bonds. The number of para-hydroxylation sites is 1. The number of aromatic amines is 1. The predicted molar refractivity (Wildman–Crippen MR) is 159 cm³/mol. The summed E-state index contributed by atoms with van der Waals surface area (Å²) < 4.78 is 39.4. The molecule has 0 aliphatic heterocycles. The molecule has 216 valence electrons. The quantitative estimate of drug-likeness (QED) is 0.200. The van der Waals surface area contributed by atoms with Gasteiger partial charge in [0, 0.05) is 41.8 Å². The van der Waals surface area contributed by atoms with E-state index >= 15 is 0 Å². The van der Waals surface area contributed by atoms with Crippen LogP contribution in [0.2, 0.25) is 0 Å². The number of hydrogen-bond acceptors (Lipinski definition) is 2. The third kappa shape index (κ3) is 6.33. The summed E-state index contributed by atoms with van der Waals surface area (Å²) in [6.45, 7) is 4.02. The highest BCUT2D eigenvalue weighted by atomic mass is 19.4. The van der Waals surface area contributed by atoms with Gasteiger partial charge in [0.05, 0.1) is 5.56 Å². The van der Waals surface area contributed by atoms with Crippen molar-refractivity contribution in [1.29, 1.82) is 0 Å². The fourth-order valence-electron chi connectivity index (χ4n) is 5.21. The molecule has 5 aromatic rings. The molecule has 5 nitrogen and oxygen atoms in total. The van der Waals surface area contributed by atoms with E-state index in [0.29, 0.717) is 24.1 Å². The van der Waals surface area contributed by atoms with Gasteiger partial charge in [0.2, 0.25) is 5.91 Å². The largest absolute Gasteiger partial charge is 0.416 e. The summed E-state index contributed by atoms with van der Waals surface area (Å²) in [6.07, 6.45) is -1.99. The monoisotopic (exact) mass is 571 g/mol. The van der Waals surface area contributed by atoms with E-state index in [1.807, 2.05) is 80.7 Å². The number of carbonyl (C=O) groups excluding carboxylic acids is 2. The van der Waals surface area contributed by atoms with Crippen molar-refractivity contribution in [3.05, 3.63) is 119 Å². The van der Waals surface area contributed by atoms with Crippen LogP contribution in [0.25, 0.3) is 21.7 Å².